The number of benzene rings is 2. The summed E-state index contributed by atoms with van der Waals surface area (Å²) in [4.78, 5) is 22.0. The van der Waals surface area contributed by atoms with E-state index in [0.717, 1.165) is 21.9 Å². The third kappa shape index (κ3) is 4.94. The quantitative estimate of drug-likeness (QED) is 0.349. The second-order valence-corrected chi connectivity index (χ2v) is 8.49. The minimum atomic E-state index is -0.231. The maximum absolute atomic E-state index is 13.1. The zero-order chi connectivity index (χ0) is 24.1. The molecule has 0 aliphatic rings. The highest BCUT2D eigenvalue weighted by molar-refractivity contribution is 7.98. The van der Waals surface area contributed by atoms with Gasteiger partial charge in [-0.2, -0.15) is 0 Å². The predicted octanol–water partition coefficient (Wildman–Crippen LogP) is 4.70. The van der Waals surface area contributed by atoms with Crippen molar-refractivity contribution >= 4 is 34.4 Å². The van der Waals surface area contributed by atoms with Crippen LogP contribution in [0.25, 0.3) is 11.0 Å². The van der Waals surface area contributed by atoms with Crippen molar-refractivity contribution in [1.82, 2.24) is 14.5 Å². The zero-order valence-corrected chi connectivity index (χ0v) is 20.3. The Morgan fingerprint density at radius 3 is 2.47 bits per heavy atom. The molecule has 4 aromatic rings. The van der Waals surface area contributed by atoms with Crippen LogP contribution in [0, 0.1) is 6.92 Å². The summed E-state index contributed by atoms with van der Waals surface area (Å²) in [5, 5.41) is 3.67. The lowest BCUT2D eigenvalue weighted by molar-refractivity contribution is -0.116. The molecule has 0 atom stereocenters. The summed E-state index contributed by atoms with van der Waals surface area (Å²) in [7, 11) is 4.58. The fourth-order valence-corrected chi connectivity index (χ4v) is 4.55. The topological polar surface area (TPSA) is 87.5 Å². The van der Waals surface area contributed by atoms with Crippen molar-refractivity contribution in [3.63, 3.8) is 0 Å². The van der Waals surface area contributed by atoms with Crippen LogP contribution in [0.2, 0.25) is 0 Å². The largest absolute Gasteiger partial charge is 0.493 e. The van der Waals surface area contributed by atoms with E-state index in [-0.39, 0.29) is 12.5 Å². The van der Waals surface area contributed by atoms with Crippen LogP contribution < -0.4 is 19.5 Å². The van der Waals surface area contributed by atoms with Crippen molar-refractivity contribution in [3.05, 3.63) is 66.0 Å². The normalized spacial score (nSPS) is 10.8. The van der Waals surface area contributed by atoms with Crippen LogP contribution in [0.4, 0.5) is 5.69 Å². The molecule has 0 radical (unpaired) electrons. The number of aromatic nitrogens is 3. The highest BCUT2D eigenvalue weighted by Gasteiger charge is 2.19. The standard InChI is InChI=1S/C25H26N4O4S/c1-16-5-7-17(8-6-16)15-34-25-28-18-11-12-26-13-20(18)29(25)14-22(30)27-19-9-10-21(31-2)24(33-4)23(19)32-3/h5-13H,14-15H2,1-4H3,(H,27,30). The molecule has 2 aromatic heterocycles. The summed E-state index contributed by atoms with van der Waals surface area (Å²) in [5.74, 6) is 1.82. The number of carbonyl (C=O) groups is 1. The van der Waals surface area contributed by atoms with E-state index in [1.54, 1.807) is 43.4 Å². The molecule has 8 nitrogen and oxygen atoms in total. The molecule has 9 heteroatoms. The van der Waals surface area contributed by atoms with Crippen LogP contribution in [0.5, 0.6) is 17.2 Å². The molecule has 4 rings (SSSR count). The molecule has 0 saturated carbocycles. The number of nitrogens with zero attached hydrogens (tertiary/aromatic N) is 3. The molecule has 34 heavy (non-hydrogen) atoms. The summed E-state index contributed by atoms with van der Waals surface area (Å²) >= 11 is 1.58. The van der Waals surface area contributed by atoms with Crippen molar-refractivity contribution in [1.29, 1.82) is 0 Å². The van der Waals surface area contributed by atoms with Crippen LogP contribution >= 0.6 is 11.8 Å². The van der Waals surface area contributed by atoms with Gasteiger partial charge in [-0.15, -0.1) is 0 Å². The van der Waals surface area contributed by atoms with E-state index in [9.17, 15) is 4.79 Å². The summed E-state index contributed by atoms with van der Waals surface area (Å²) in [5.41, 5.74) is 4.48. The number of carbonyl (C=O) groups excluding carboxylic acids is 1. The van der Waals surface area contributed by atoms with Crippen molar-refractivity contribution in [2.45, 2.75) is 24.4 Å². The molecule has 0 fully saturated rings. The number of aryl methyl sites for hydroxylation is 1. The van der Waals surface area contributed by atoms with Gasteiger partial charge >= 0.3 is 0 Å². The average Bonchev–Trinajstić information content (AvgIpc) is 3.20. The lowest BCUT2D eigenvalue weighted by Gasteiger charge is -2.16. The summed E-state index contributed by atoms with van der Waals surface area (Å²) in [6.45, 7) is 2.13. The molecule has 0 aliphatic heterocycles. The molecule has 0 bridgehead atoms. The van der Waals surface area contributed by atoms with Gasteiger partial charge in [0.05, 0.1) is 44.2 Å². The predicted molar refractivity (Wildman–Crippen MR) is 133 cm³/mol. The first kappa shape index (κ1) is 23.4. The fraction of sp³-hybridized carbons (Fsp3) is 0.240. The first-order valence-electron chi connectivity index (χ1n) is 10.6. The Bertz CT molecular complexity index is 1300. The third-order valence-corrected chi connectivity index (χ3v) is 6.33. The Morgan fingerprint density at radius 2 is 1.76 bits per heavy atom. The Balaban J connectivity index is 1.58. The van der Waals surface area contributed by atoms with E-state index >= 15 is 0 Å². The number of anilines is 1. The molecule has 0 saturated heterocycles. The monoisotopic (exact) mass is 478 g/mol. The molecular weight excluding hydrogens is 452 g/mol. The first-order valence-corrected chi connectivity index (χ1v) is 11.6. The van der Waals surface area contributed by atoms with Crippen molar-refractivity contribution in [3.8, 4) is 17.2 Å². The number of thioether (sulfide) groups is 1. The molecular formula is C25H26N4O4S. The molecule has 2 heterocycles. The van der Waals surface area contributed by atoms with Gasteiger partial charge in [-0.05, 0) is 30.7 Å². The molecule has 0 unspecified atom stereocenters. The number of nitrogens with one attached hydrogen (secondary N) is 1. The van der Waals surface area contributed by atoms with E-state index in [0.29, 0.717) is 22.9 Å². The smallest absolute Gasteiger partial charge is 0.244 e. The van der Waals surface area contributed by atoms with E-state index < -0.39 is 0 Å². The van der Waals surface area contributed by atoms with Crippen LogP contribution in [0.15, 0.2) is 60.0 Å². The zero-order valence-electron chi connectivity index (χ0n) is 19.5. The van der Waals surface area contributed by atoms with E-state index in [1.165, 1.54) is 25.3 Å². The first-order chi connectivity index (χ1) is 16.5. The molecule has 0 spiro atoms. The minimum absolute atomic E-state index is 0.0654. The van der Waals surface area contributed by atoms with Crippen molar-refractivity contribution in [2.24, 2.45) is 0 Å². The van der Waals surface area contributed by atoms with Gasteiger partial charge in [0, 0.05) is 11.9 Å². The number of fused-ring (bicyclic) bond motifs is 1. The van der Waals surface area contributed by atoms with Crippen LogP contribution in [0.3, 0.4) is 0 Å². The lowest BCUT2D eigenvalue weighted by atomic mass is 10.2. The van der Waals surface area contributed by atoms with Crippen LogP contribution in [0.1, 0.15) is 11.1 Å². The summed E-state index contributed by atoms with van der Waals surface area (Å²) in [6.07, 6.45) is 3.42. The number of hydrogen-bond donors (Lipinski definition) is 1. The molecule has 176 valence electrons. The van der Waals surface area contributed by atoms with Gasteiger partial charge < -0.3 is 24.1 Å². The highest BCUT2D eigenvalue weighted by atomic mass is 32.2. The number of rotatable bonds is 9. The van der Waals surface area contributed by atoms with Crippen molar-refractivity contribution in [2.75, 3.05) is 26.6 Å². The maximum atomic E-state index is 13.1. The van der Waals surface area contributed by atoms with Gasteiger partial charge in [0.1, 0.15) is 6.54 Å². The van der Waals surface area contributed by atoms with E-state index in [1.807, 2.05) is 10.6 Å². The number of ether oxygens (including phenoxy) is 3. The number of pyridine rings is 1. The van der Waals surface area contributed by atoms with Gasteiger partial charge in [-0.3, -0.25) is 9.78 Å². The Labute approximate surface area is 202 Å². The SMILES string of the molecule is COc1ccc(NC(=O)Cn2c(SCc3ccc(C)cc3)nc3ccncc32)c(OC)c1OC. The lowest BCUT2D eigenvalue weighted by Crippen LogP contribution is -2.20. The second kappa shape index (κ2) is 10.5. The second-order valence-electron chi connectivity index (χ2n) is 7.55. The van der Waals surface area contributed by atoms with Crippen LogP contribution in [-0.4, -0.2) is 41.8 Å². The Kier molecular flexibility index (Phi) is 7.22. The summed E-state index contributed by atoms with van der Waals surface area (Å²) in [6, 6.07) is 13.7. The van der Waals surface area contributed by atoms with Gasteiger partial charge in [-0.1, -0.05) is 41.6 Å². The number of imidazole rings is 1. The average molecular weight is 479 g/mol. The van der Waals surface area contributed by atoms with Gasteiger partial charge in [0.25, 0.3) is 0 Å². The van der Waals surface area contributed by atoms with Crippen LogP contribution in [-0.2, 0) is 17.1 Å². The highest BCUT2D eigenvalue weighted by Crippen LogP contribution is 2.42. The fourth-order valence-electron chi connectivity index (χ4n) is 3.58. The van der Waals surface area contributed by atoms with Gasteiger partial charge in [-0.25, -0.2) is 4.98 Å². The Morgan fingerprint density at radius 1 is 1.00 bits per heavy atom. The molecule has 2 aromatic carbocycles. The van der Waals surface area contributed by atoms with E-state index in [4.69, 9.17) is 19.2 Å². The van der Waals surface area contributed by atoms with Gasteiger partial charge in [0.15, 0.2) is 16.7 Å². The van der Waals surface area contributed by atoms with Crippen molar-refractivity contribution < 1.29 is 19.0 Å². The maximum Gasteiger partial charge on any atom is 0.244 e. The number of amides is 1. The Hall–Kier alpha value is -3.72. The molecule has 1 N–H and O–H groups in total. The number of methoxy groups -OCH3 is 3. The van der Waals surface area contributed by atoms with E-state index in [2.05, 4.69) is 41.5 Å². The van der Waals surface area contributed by atoms with Gasteiger partial charge in [0.2, 0.25) is 11.7 Å². The minimum Gasteiger partial charge on any atom is -0.493 e. The molecule has 0 aliphatic carbocycles. The molecule has 1 amide bonds. The third-order valence-electron chi connectivity index (χ3n) is 5.28. The number of hydrogen-bond acceptors (Lipinski definition) is 7. The summed E-state index contributed by atoms with van der Waals surface area (Å²) < 4.78 is 18.1.